The van der Waals surface area contributed by atoms with Crippen molar-refractivity contribution < 1.29 is 75.8 Å². The number of methoxy groups -OCH3 is 1. The van der Waals surface area contributed by atoms with Gasteiger partial charge in [-0.1, -0.05) is 0 Å². The number of alkyl carbamates (subject to hydrolysis) is 1. The summed E-state index contributed by atoms with van der Waals surface area (Å²) in [6.07, 6.45) is -12.0. The van der Waals surface area contributed by atoms with Crippen molar-refractivity contribution in [1.29, 1.82) is 0 Å². The summed E-state index contributed by atoms with van der Waals surface area (Å²) < 4.78 is 57.3. The number of ether oxygens (including phenoxy) is 8. The van der Waals surface area contributed by atoms with Crippen LogP contribution in [0.2, 0.25) is 0 Å². The van der Waals surface area contributed by atoms with Crippen LogP contribution in [0.25, 0.3) is 0 Å². The molecule has 0 aromatic heterocycles. The molecule has 0 aromatic rings. The first-order valence-corrected chi connectivity index (χ1v) is 12.5. The number of alkyl halides is 1. The number of nitrogens with one attached hydrogen (secondary N) is 1. The Morgan fingerprint density at radius 3 is 1.88 bits per heavy atom. The van der Waals surface area contributed by atoms with Crippen molar-refractivity contribution in [2.45, 2.75) is 103 Å². The number of hydrogen-bond acceptors (Lipinski definition) is 15. The highest BCUT2D eigenvalue weighted by Gasteiger charge is 2.67. The number of esters is 6. The van der Waals surface area contributed by atoms with Crippen LogP contribution in [0, 0.1) is 0 Å². The first kappa shape index (κ1) is 36.0. The molecule has 1 unspecified atom stereocenters. The van der Waals surface area contributed by atoms with Crippen LogP contribution in [-0.2, 0) is 66.7 Å². The maximum absolute atomic E-state index is 16.3. The van der Waals surface area contributed by atoms with Gasteiger partial charge in [0, 0.05) is 34.6 Å². The number of hydrogen-bond donors (Lipinski definition) is 1. The van der Waals surface area contributed by atoms with Gasteiger partial charge in [-0.25, -0.2) is 14.0 Å². The van der Waals surface area contributed by atoms with Crippen molar-refractivity contribution in [2.75, 3.05) is 13.7 Å². The second-order valence-corrected chi connectivity index (χ2v) is 10.0. The van der Waals surface area contributed by atoms with E-state index in [2.05, 4.69) is 10.1 Å². The van der Waals surface area contributed by atoms with Gasteiger partial charge in [0.1, 0.15) is 24.4 Å². The Kier molecular flexibility index (Phi) is 12.6. The Morgan fingerprint density at radius 2 is 1.45 bits per heavy atom. The van der Waals surface area contributed by atoms with E-state index in [0.29, 0.717) is 0 Å². The van der Waals surface area contributed by atoms with Crippen molar-refractivity contribution in [3.63, 3.8) is 0 Å². The van der Waals surface area contributed by atoms with Crippen LogP contribution in [0.3, 0.4) is 0 Å². The summed E-state index contributed by atoms with van der Waals surface area (Å²) in [4.78, 5) is 85.7. The molecule has 0 radical (unpaired) electrons. The Morgan fingerprint density at radius 1 is 0.881 bits per heavy atom. The van der Waals surface area contributed by atoms with Gasteiger partial charge in [0.15, 0.2) is 18.3 Å². The average Bonchev–Trinajstić information content (AvgIpc) is 2.81. The minimum Gasteiger partial charge on any atom is -0.464 e. The number of halogens is 1. The maximum atomic E-state index is 16.3. The normalized spacial score (nSPS) is 25.0. The molecule has 0 bridgehead atoms. The lowest BCUT2D eigenvalue weighted by Gasteiger charge is -2.49. The predicted octanol–water partition coefficient (Wildman–Crippen LogP) is 0.407. The fraction of sp³-hybridized carbons (Fsp3) is 0.720. The molecule has 16 nitrogen and oxygen atoms in total. The fourth-order valence-electron chi connectivity index (χ4n) is 3.92. The van der Waals surface area contributed by atoms with E-state index in [1.54, 1.807) is 0 Å². The van der Waals surface area contributed by atoms with Crippen molar-refractivity contribution in [3.8, 4) is 0 Å². The van der Waals surface area contributed by atoms with Gasteiger partial charge in [0.05, 0.1) is 7.11 Å². The Bertz CT molecular complexity index is 1060. The Balaban J connectivity index is 4.02. The lowest BCUT2D eigenvalue weighted by Crippen LogP contribution is -2.74. The number of carbonyl (C=O) groups is 7. The molecule has 0 aliphatic carbocycles. The number of amides is 1. The number of carbonyl (C=O) groups excluding carboxylic acids is 7. The van der Waals surface area contributed by atoms with E-state index in [4.69, 9.17) is 33.2 Å². The van der Waals surface area contributed by atoms with E-state index in [0.717, 1.165) is 41.7 Å². The van der Waals surface area contributed by atoms with E-state index in [1.165, 1.54) is 20.8 Å². The van der Waals surface area contributed by atoms with Crippen LogP contribution >= 0.6 is 0 Å². The summed E-state index contributed by atoms with van der Waals surface area (Å²) >= 11 is 0. The molecule has 1 N–H and O–H groups in total. The molecule has 0 spiro atoms. The molecule has 238 valence electrons. The lowest BCUT2D eigenvalue weighted by molar-refractivity contribution is -0.326. The molecule has 0 aromatic carbocycles. The van der Waals surface area contributed by atoms with E-state index >= 15 is 4.39 Å². The maximum Gasteiger partial charge on any atom is 0.408 e. The van der Waals surface area contributed by atoms with Gasteiger partial charge in [-0.05, 0) is 20.8 Å². The van der Waals surface area contributed by atoms with Crippen molar-refractivity contribution in [3.05, 3.63) is 0 Å². The second kappa shape index (κ2) is 14.7. The van der Waals surface area contributed by atoms with Crippen molar-refractivity contribution in [2.24, 2.45) is 0 Å². The minimum atomic E-state index is -3.31. The molecule has 1 amide bonds. The van der Waals surface area contributed by atoms with E-state index in [1.807, 2.05) is 0 Å². The summed E-state index contributed by atoms with van der Waals surface area (Å²) in [5.74, 6) is -10.2. The van der Waals surface area contributed by atoms with Crippen LogP contribution in [-0.4, -0.2) is 104 Å². The zero-order chi connectivity index (χ0) is 32.6. The molecule has 42 heavy (non-hydrogen) atoms. The highest BCUT2D eigenvalue weighted by molar-refractivity contribution is 5.83. The van der Waals surface area contributed by atoms with Crippen LogP contribution in [0.1, 0.15) is 55.4 Å². The highest BCUT2D eigenvalue weighted by atomic mass is 19.1. The molecular weight excluding hydrogens is 573 g/mol. The Hall–Kier alpha value is -4.02. The van der Waals surface area contributed by atoms with Gasteiger partial charge < -0.3 is 43.2 Å². The van der Waals surface area contributed by atoms with Crippen LogP contribution < -0.4 is 5.32 Å². The van der Waals surface area contributed by atoms with Crippen molar-refractivity contribution in [1.82, 2.24) is 5.32 Å². The molecule has 0 saturated carbocycles. The van der Waals surface area contributed by atoms with Crippen LogP contribution in [0.4, 0.5) is 9.18 Å². The molecule has 17 heteroatoms. The zero-order valence-electron chi connectivity index (χ0n) is 24.7. The van der Waals surface area contributed by atoms with Gasteiger partial charge in [-0.3, -0.25) is 24.0 Å². The van der Waals surface area contributed by atoms with Gasteiger partial charge >= 0.3 is 47.7 Å². The summed E-state index contributed by atoms with van der Waals surface area (Å²) in [6, 6.07) is -1.90. The van der Waals surface area contributed by atoms with Crippen LogP contribution in [0.5, 0.6) is 0 Å². The van der Waals surface area contributed by atoms with Gasteiger partial charge in [0.2, 0.25) is 6.17 Å². The smallest absolute Gasteiger partial charge is 0.408 e. The number of rotatable bonds is 10. The first-order chi connectivity index (χ1) is 19.2. The summed E-state index contributed by atoms with van der Waals surface area (Å²) in [5.41, 5.74) is -1.10. The van der Waals surface area contributed by atoms with E-state index in [9.17, 15) is 33.6 Å². The van der Waals surface area contributed by atoms with E-state index in [-0.39, 0.29) is 0 Å². The molecule has 1 aliphatic rings. The monoisotopic (exact) mass is 609 g/mol. The molecule has 1 saturated heterocycles. The largest absolute Gasteiger partial charge is 0.464 e. The molecule has 1 aliphatic heterocycles. The Labute approximate surface area is 240 Å². The molecule has 7 atom stereocenters. The molecule has 1 rings (SSSR count). The quantitative estimate of drug-likeness (QED) is 0.263. The zero-order valence-corrected chi connectivity index (χ0v) is 24.7. The van der Waals surface area contributed by atoms with E-state index < -0.39 is 96.5 Å². The SMILES string of the molecule is COC(=O)C1(OC(C)=O)O[C@@H]([C@H](OC(C)=O)[C@@H](COC(C)=O)OC(C)=O)[C@H](NC(=O)OC(C)(C)C)[C@@H](OC(C)=O)[C@H]1F. The van der Waals surface area contributed by atoms with Gasteiger partial charge in [-0.15, -0.1) is 0 Å². The summed E-state index contributed by atoms with van der Waals surface area (Å²) in [5, 5.41) is 2.25. The summed E-state index contributed by atoms with van der Waals surface area (Å²) in [7, 11) is 0.802. The van der Waals surface area contributed by atoms with Crippen molar-refractivity contribution >= 4 is 41.9 Å². The third-order valence-electron chi connectivity index (χ3n) is 5.18. The van der Waals surface area contributed by atoms with Gasteiger partial charge in [0.25, 0.3) is 0 Å². The average molecular weight is 610 g/mol. The molecular formula is C25H36FNO15. The first-order valence-electron chi connectivity index (χ1n) is 12.5. The second-order valence-electron chi connectivity index (χ2n) is 10.0. The molecule has 1 heterocycles. The highest BCUT2D eigenvalue weighted by Crippen LogP contribution is 2.39. The third-order valence-corrected chi connectivity index (χ3v) is 5.18. The standard InChI is InChI=1S/C25H36FNO15/c1-11(28)36-10-16(37-12(2)29)18(38-13(3)30)19-17(27-23(34)42-24(6,7)8)20(39-14(4)31)21(26)25(41-19,22(33)35-9)40-15(5)32/h16-21H,10H2,1-9H3,(H,27,34)/t16-,17+,18-,19-,20-,21-,25?/m1/s1. The topological polar surface area (TPSA) is 205 Å². The predicted molar refractivity (Wildman–Crippen MR) is 133 cm³/mol. The third kappa shape index (κ3) is 10.1. The van der Waals surface area contributed by atoms with Gasteiger partial charge in [-0.2, -0.15) is 0 Å². The fourth-order valence-corrected chi connectivity index (χ4v) is 3.92. The minimum absolute atomic E-state index is 0.776. The van der Waals surface area contributed by atoms with Crippen LogP contribution in [0.15, 0.2) is 0 Å². The molecule has 1 fully saturated rings. The lowest BCUT2D eigenvalue weighted by atomic mass is 9.86. The summed E-state index contributed by atoms with van der Waals surface area (Å²) in [6.45, 7) is 8.30.